The second-order valence-electron chi connectivity index (χ2n) is 5.94. The van der Waals surface area contributed by atoms with Gasteiger partial charge >= 0.3 is 0 Å². The van der Waals surface area contributed by atoms with E-state index in [0.29, 0.717) is 28.6 Å². The van der Waals surface area contributed by atoms with Crippen molar-refractivity contribution in [2.75, 3.05) is 5.73 Å². The lowest BCUT2D eigenvalue weighted by Gasteiger charge is -2.19. The van der Waals surface area contributed by atoms with Gasteiger partial charge in [-0.25, -0.2) is 9.37 Å². The predicted molar refractivity (Wildman–Crippen MR) is 85.9 cm³/mol. The number of hydrogen-bond donors (Lipinski definition) is 1. The molecule has 21 heavy (non-hydrogen) atoms. The molecule has 0 saturated heterocycles. The fraction of sp³-hybridized carbons (Fsp3) is 0.312. The molecule has 112 valence electrons. The van der Waals surface area contributed by atoms with Gasteiger partial charge in [0.15, 0.2) is 0 Å². The molecule has 0 aliphatic carbocycles. The first-order valence-corrected chi connectivity index (χ1v) is 7.06. The van der Waals surface area contributed by atoms with Crippen molar-refractivity contribution in [3.63, 3.8) is 0 Å². The van der Waals surface area contributed by atoms with Gasteiger partial charge in [0.2, 0.25) is 0 Å². The van der Waals surface area contributed by atoms with Crippen LogP contribution in [0.5, 0.6) is 0 Å². The molecule has 0 radical (unpaired) electrons. The average molecular weight is 308 g/mol. The number of aromatic nitrogens is 2. The van der Waals surface area contributed by atoms with Crippen molar-refractivity contribution in [2.45, 2.75) is 32.7 Å². The van der Waals surface area contributed by atoms with Crippen LogP contribution in [0.15, 0.2) is 30.9 Å². The summed E-state index contributed by atoms with van der Waals surface area (Å²) in [5.41, 5.74) is 6.76. The summed E-state index contributed by atoms with van der Waals surface area (Å²) in [6.45, 7) is 10.4. The Morgan fingerprint density at radius 1 is 1.43 bits per heavy atom. The van der Waals surface area contributed by atoms with Gasteiger partial charge in [-0.1, -0.05) is 38.4 Å². The third-order valence-corrected chi connectivity index (χ3v) is 3.41. The molecule has 0 unspecified atom stereocenters. The number of nitrogens with two attached hydrogens (primary N) is 1. The highest BCUT2D eigenvalue weighted by molar-refractivity contribution is 6.30. The standard InChI is InChI=1S/C16H19ClFN3/c1-5-8-21-14(19)13(20-15(21)16(2,3)4)11-7-6-10(17)9-12(11)18/h5-7,9H,1,8,19H2,2-4H3. The largest absolute Gasteiger partial charge is 0.383 e. The molecule has 0 spiro atoms. The Bertz CT molecular complexity index is 684. The van der Waals surface area contributed by atoms with E-state index >= 15 is 0 Å². The zero-order valence-corrected chi connectivity index (χ0v) is 13.2. The highest BCUT2D eigenvalue weighted by Crippen LogP contribution is 2.33. The van der Waals surface area contributed by atoms with E-state index in [1.54, 1.807) is 18.2 Å². The fourth-order valence-corrected chi connectivity index (χ4v) is 2.39. The average Bonchev–Trinajstić information content (AvgIpc) is 2.68. The third kappa shape index (κ3) is 2.95. The van der Waals surface area contributed by atoms with Gasteiger partial charge in [0.25, 0.3) is 0 Å². The lowest BCUT2D eigenvalue weighted by atomic mass is 9.95. The third-order valence-electron chi connectivity index (χ3n) is 3.18. The first-order valence-electron chi connectivity index (χ1n) is 6.68. The molecule has 3 nitrogen and oxygen atoms in total. The van der Waals surface area contributed by atoms with Crippen LogP contribution in [0.1, 0.15) is 26.6 Å². The van der Waals surface area contributed by atoms with Crippen LogP contribution in [0.4, 0.5) is 10.2 Å². The molecule has 0 atom stereocenters. The van der Waals surface area contributed by atoms with Gasteiger partial charge in [-0.3, -0.25) is 0 Å². The van der Waals surface area contributed by atoms with E-state index in [1.807, 2.05) is 25.3 Å². The number of benzene rings is 1. The summed E-state index contributed by atoms with van der Waals surface area (Å²) in [5, 5.41) is 0.344. The number of anilines is 1. The maximum absolute atomic E-state index is 14.1. The molecule has 0 aliphatic heterocycles. The Morgan fingerprint density at radius 3 is 2.62 bits per heavy atom. The normalized spacial score (nSPS) is 11.7. The summed E-state index contributed by atoms with van der Waals surface area (Å²) in [4.78, 5) is 4.57. The minimum absolute atomic E-state index is 0.210. The maximum atomic E-state index is 14.1. The van der Waals surface area contributed by atoms with Crippen molar-refractivity contribution in [1.29, 1.82) is 0 Å². The molecule has 0 bridgehead atoms. The number of hydrogen-bond acceptors (Lipinski definition) is 2. The smallest absolute Gasteiger partial charge is 0.134 e. The van der Waals surface area contributed by atoms with E-state index in [9.17, 15) is 4.39 Å². The summed E-state index contributed by atoms with van der Waals surface area (Å²) in [6, 6.07) is 4.49. The lowest BCUT2D eigenvalue weighted by molar-refractivity contribution is 0.515. The van der Waals surface area contributed by atoms with E-state index in [-0.39, 0.29) is 5.41 Å². The Kier molecular flexibility index (Phi) is 4.10. The molecule has 2 rings (SSSR count). The van der Waals surface area contributed by atoms with Crippen LogP contribution in [0.2, 0.25) is 5.02 Å². The molecule has 1 heterocycles. The van der Waals surface area contributed by atoms with E-state index in [4.69, 9.17) is 17.3 Å². The van der Waals surface area contributed by atoms with Crippen LogP contribution in [-0.4, -0.2) is 9.55 Å². The van der Waals surface area contributed by atoms with E-state index < -0.39 is 5.82 Å². The number of halogens is 2. The molecule has 2 aromatic rings. The molecular weight excluding hydrogens is 289 g/mol. The van der Waals surface area contributed by atoms with Gasteiger partial charge in [0.05, 0.1) is 0 Å². The van der Waals surface area contributed by atoms with Gasteiger partial charge in [-0.2, -0.15) is 0 Å². The molecule has 0 amide bonds. The Hall–Kier alpha value is -1.81. The fourth-order valence-electron chi connectivity index (χ4n) is 2.23. The first kappa shape index (κ1) is 15.6. The minimum Gasteiger partial charge on any atom is -0.383 e. The molecule has 0 aliphatic rings. The predicted octanol–water partition coefficient (Wildman–Crippen LogP) is 4.41. The van der Waals surface area contributed by atoms with Gasteiger partial charge < -0.3 is 10.3 Å². The highest BCUT2D eigenvalue weighted by atomic mass is 35.5. The van der Waals surface area contributed by atoms with Gasteiger partial charge in [0.1, 0.15) is 23.2 Å². The second-order valence-corrected chi connectivity index (χ2v) is 6.38. The topological polar surface area (TPSA) is 43.8 Å². The highest BCUT2D eigenvalue weighted by Gasteiger charge is 2.26. The molecule has 0 saturated carbocycles. The summed E-state index contributed by atoms with van der Waals surface area (Å²) in [6.07, 6.45) is 1.75. The van der Waals surface area contributed by atoms with Crippen molar-refractivity contribution in [3.8, 4) is 11.3 Å². The van der Waals surface area contributed by atoms with Crippen LogP contribution in [0, 0.1) is 5.82 Å². The summed E-state index contributed by atoms with van der Waals surface area (Å²) < 4.78 is 16.0. The monoisotopic (exact) mass is 307 g/mol. The molecule has 2 N–H and O–H groups in total. The quantitative estimate of drug-likeness (QED) is 0.854. The van der Waals surface area contributed by atoms with Crippen LogP contribution in [0.3, 0.4) is 0 Å². The number of nitrogen functional groups attached to an aromatic ring is 1. The summed E-state index contributed by atoms with van der Waals surface area (Å²) in [5.74, 6) is 0.795. The van der Waals surface area contributed by atoms with Crippen LogP contribution in [0.25, 0.3) is 11.3 Å². The second kappa shape index (κ2) is 5.53. The van der Waals surface area contributed by atoms with Crippen molar-refractivity contribution in [1.82, 2.24) is 9.55 Å². The molecule has 1 aromatic carbocycles. The number of imidazole rings is 1. The lowest BCUT2D eigenvalue weighted by Crippen LogP contribution is -2.19. The minimum atomic E-state index is -0.432. The first-order chi connectivity index (χ1) is 9.75. The molecule has 5 heteroatoms. The van der Waals surface area contributed by atoms with Crippen LogP contribution >= 0.6 is 11.6 Å². The van der Waals surface area contributed by atoms with Crippen molar-refractivity contribution in [3.05, 3.63) is 47.5 Å². The van der Waals surface area contributed by atoms with Crippen molar-refractivity contribution in [2.24, 2.45) is 0 Å². The maximum Gasteiger partial charge on any atom is 0.134 e. The van der Waals surface area contributed by atoms with Crippen LogP contribution in [-0.2, 0) is 12.0 Å². The molecule has 1 aromatic heterocycles. The molecular formula is C16H19ClFN3. The summed E-state index contributed by atoms with van der Waals surface area (Å²) in [7, 11) is 0. The van der Waals surface area contributed by atoms with Gasteiger partial charge in [-0.15, -0.1) is 6.58 Å². The van der Waals surface area contributed by atoms with E-state index in [2.05, 4.69) is 11.6 Å². The zero-order valence-electron chi connectivity index (χ0n) is 12.5. The van der Waals surface area contributed by atoms with Crippen LogP contribution < -0.4 is 5.73 Å². The number of allylic oxidation sites excluding steroid dienone is 1. The number of rotatable bonds is 3. The number of nitrogens with zero attached hydrogens (tertiary/aromatic N) is 2. The van der Waals surface area contributed by atoms with Crippen molar-refractivity contribution >= 4 is 17.4 Å². The van der Waals surface area contributed by atoms with Crippen molar-refractivity contribution < 1.29 is 4.39 Å². The zero-order chi connectivity index (χ0) is 15.8. The Labute approximate surface area is 129 Å². The van der Waals surface area contributed by atoms with E-state index in [0.717, 1.165) is 5.82 Å². The molecule has 0 fully saturated rings. The summed E-state index contributed by atoms with van der Waals surface area (Å²) >= 11 is 5.79. The van der Waals surface area contributed by atoms with Gasteiger partial charge in [-0.05, 0) is 18.2 Å². The Balaban J connectivity index is 2.67. The van der Waals surface area contributed by atoms with Gasteiger partial charge in [0, 0.05) is 22.5 Å². The van der Waals surface area contributed by atoms with E-state index in [1.165, 1.54) is 6.07 Å². The Morgan fingerprint density at radius 2 is 2.10 bits per heavy atom. The SMILES string of the molecule is C=CCn1c(C(C)(C)C)nc(-c2ccc(Cl)cc2F)c1N.